The number of carbonyl (C=O) groups is 1. The molecule has 1 unspecified atom stereocenters. The number of pyridine rings is 1. The van der Waals surface area contributed by atoms with Crippen LogP contribution in [0.2, 0.25) is 0 Å². The minimum absolute atomic E-state index is 0.0252. The molecule has 0 saturated heterocycles. The molecule has 0 aliphatic rings. The quantitative estimate of drug-likeness (QED) is 0.821. The van der Waals surface area contributed by atoms with Gasteiger partial charge >= 0.3 is 0 Å². The lowest BCUT2D eigenvalue weighted by Gasteiger charge is -2.13. The molecule has 0 aliphatic heterocycles. The second-order valence-electron chi connectivity index (χ2n) is 3.86. The molecule has 0 radical (unpaired) electrons. The van der Waals surface area contributed by atoms with E-state index < -0.39 is 0 Å². The van der Waals surface area contributed by atoms with Crippen molar-refractivity contribution >= 4 is 21.8 Å². The van der Waals surface area contributed by atoms with Crippen LogP contribution in [0.4, 0.5) is 0 Å². The average molecular weight is 301 g/mol. The first kappa shape index (κ1) is 14.0. The van der Waals surface area contributed by atoms with Gasteiger partial charge in [-0.1, -0.05) is 13.3 Å². The van der Waals surface area contributed by atoms with Gasteiger partial charge in [-0.25, -0.2) is 4.98 Å². The van der Waals surface area contributed by atoms with Crippen molar-refractivity contribution in [2.45, 2.75) is 32.7 Å². The Labute approximate surface area is 110 Å². The van der Waals surface area contributed by atoms with Crippen LogP contribution in [0, 0.1) is 0 Å². The summed E-state index contributed by atoms with van der Waals surface area (Å²) in [5.41, 5.74) is 0. The standard InChI is InChI=1S/C12H17BrN2O2/c1-3-4-9(2)15-12(16)8-17-10-5-6-11(13)14-7-10/h5-7,9H,3-4,8H2,1-2H3,(H,15,16). The molecule has 1 aromatic rings. The van der Waals surface area contributed by atoms with Gasteiger partial charge in [0.15, 0.2) is 6.61 Å². The molecule has 0 aliphatic carbocycles. The number of carbonyl (C=O) groups excluding carboxylic acids is 1. The molecule has 1 aromatic heterocycles. The predicted octanol–water partition coefficient (Wildman–Crippen LogP) is 2.53. The van der Waals surface area contributed by atoms with Crippen LogP contribution in [0.15, 0.2) is 22.9 Å². The van der Waals surface area contributed by atoms with Crippen LogP contribution in [-0.2, 0) is 4.79 Å². The van der Waals surface area contributed by atoms with Crippen molar-refractivity contribution in [3.8, 4) is 5.75 Å². The first-order chi connectivity index (χ1) is 8.11. The topological polar surface area (TPSA) is 51.2 Å². The molecule has 1 heterocycles. The molecule has 1 N–H and O–H groups in total. The lowest BCUT2D eigenvalue weighted by Crippen LogP contribution is -2.35. The van der Waals surface area contributed by atoms with Crippen LogP contribution >= 0.6 is 15.9 Å². The predicted molar refractivity (Wildman–Crippen MR) is 69.9 cm³/mol. The molecule has 1 amide bonds. The molecule has 94 valence electrons. The van der Waals surface area contributed by atoms with Crippen LogP contribution in [0.5, 0.6) is 5.75 Å². The summed E-state index contributed by atoms with van der Waals surface area (Å²) in [7, 11) is 0. The Balaban J connectivity index is 2.30. The van der Waals surface area contributed by atoms with Crippen molar-refractivity contribution in [1.82, 2.24) is 10.3 Å². The Morgan fingerprint density at radius 1 is 1.59 bits per heavy atom. The number of hydrogen-bond donors (Lipinski definition) is 1. The Morgan fingerprint density at radius 2 is 2.35 bits per heavy atom. The fourth-order valence-corrected chi connectivity index (χ4v) is 1.65. The normalized spacial score (nSPS) is 11.9. The number of nitrogens with zero attached hydrogens (tertiary/aromatic N) is 1. The molecule has 0 spiro atoms. The minimum atomic E-state index is -0.103. The molecule has 1 atom stereocenters. The molecule has 0 aromatic carbocycles. The maximum atomic E-state index is 11.5. The number of halogens is 1. The van der Waals surface area contributed by atoms with Crippen molar-refractivity contribution < 1.29 is 9.53 Å². The van der Waals surface area contributed by atoms with Crippen LogP contribution < -0.4 is 10.1 Å². The number of ether oxygens (including phenoxy) is 1. The summed E-state index contributed by atoms with van der Waals surface area (Å²) in [5, 5.41) is 2.87. The fraction of sp³-hybridized carbons (Fsp3) is 0.500. The Bertz CT molecular complexity index is 354. The molecule has 5 heteroatoms. The Hall–Kier alpha value is -1.10. The largest absolute Gasteiger partial charge is 0.482 e. The highest BCUT2D eigenvalue weighted by Gasteiger charge is 2.07. The summed E-state index contributed by atoms with van der Waals surface area (Å²) in [5.74, 6) is 0.486. The molecule has 4 nitrogen and oxygen atoms in total. The summed E-state index contributed by atoms with van der Waals surface area (Å²) in [6, 6.07) is 3.73. The maximum Gasteiger partial charge on any atom is 0.258 e. The second kappa shape index (κ2) is 7.27. The summed E-state index contributed by atoms with van der Waals surface area (Å²) < 4.78 is 6.05. The average Bonchev–Trinajstić information content (AvgIpc) is 2.28. The number of hydrogen-bond acceptors (Lipinski definition) is 3. The molecule has 0 saturated carbocycles. The minimum Gasteiger partial charge on any atom is -0.482 e. The van der Waals surface area contributed by atoms with E-state index in [0.29, 0.717) is 5.75 Å². The van der Waals surface area contributed by atoms with Gasteiger partial charge in [-0.15, -0.1) is 0 Å². The molecule has 17 heavy (non-hydrogen) atoms. The highest BCUT2D eigenvalue weighted by Crippen LogP contribution is 2.12. The van der Waals surface area contributed by atoms with Gasteiger partial charge in [0.25, 0.3) is 5.91 Å². The first-order valence-electron chi connectivity index (χ1n) is 5.65. The van der Waals surface area contributed by atoms with Crippen molar-refractivity contribution in [3.63, 3.8) is 0 Å². The second-order valence-corrected chi connectivity index (χ2v) is 4.68. The molecule has 0 bridgehead atoms. The van der Waals surface area contributed by atoms with E-state index in [9.17, 15) is 4.79 Å². The highest BCUT2D eigenvalue weighted by molar-refractivity contribution is 9.10. The SMILES string of the molecule is CCCC(C)NC(=O)COc1ccc(Br)nc1. The van der Waals surface area contributed by atoms with Crippen molar-refractivity contribution in [2.75, 3.05) is 6.61 Å². The van der Waals surface area contributed by atoms with Gasteiger partial charge in [0.2, 0.25) is 0 Å². The molecule has 0 fully saturated rings. The van der Waals surface area contributed by atoms with Crippen molar-refractivity contribution in [3.05, 3.63) is 22.9 Å². The van der Waals surface area contributed by atoms with Crippen LogP contribution in [0.1, 0.15) is 26.7 Å². The molecular weight excluding hydrogens is 284 g/mol. The van der Waals surface area contributed by atoms with Gasteiger partial charge < -0.3 is 10.1 Å². The smallest absolute Gasteiger partial charge is 0.258 e. The monoisotopic (exact) mass is 300 g/mol. The van der Waals surface area contributed by atoms with Gasteiger partial charge in [-0.2, -0.15) is 0 Å². The van der Waals surface area contributed by atoms with E-state index >= 15 is 0 Å². The maximum absolute atomic E-state index is 11.5. The summed E-state index contributed by atoms with van der Waals surface area (Å²) in [6.45, 7) is 4.10. The van der Waals surface area contributed by atoms with E-state index in [2.05, 4.69) is 33.2 Å². The molecule has 1 rings (SSSR count). The van der Waals surface area contributed by atoms with Gasteiger partial charge in [0, 0.05) is 6.04 Å². The van der Waals surface area contributed by atoms with E-state index in [1.54, 1.807) is 18.3 Å². The van der Waals surface area contributed by atoms with Crippen molar-refractivity contribution in [1.29, 1.82) is 0 Å². The summed E-state index contributed by atoms with van der Waals surface area (Å²) in [4.78, 5) is 15.5. The zero-order valence-corrected chi connectivity index (χ0v) is 11.7. The van der Waals surface area contributed by atoms with Crippen LogP contribution in [0.25, 0.3) is 0 Å². The summed E-state index contributed by atoms with van der Waals surface area (Å²) >= 11 is 3.23. The van der Waals surface area contributed by atoms with E-state index in [1.165, 1.54) is 0 Å². The van der Waals surface area contributed by atoms with E-state index in [1.807, 2.05) is 6.92 Å². The Kier molecular flexibility index (Phi) is 5.97. The first-order valence-corrected chi connectivity index (χ1v) is 6.45. The molecular formula is C12H17BrN2O2. The van der Waals surface area contributed by atoms with Gasteiger partial charge in [-0.3, -0.25) is 4.79 Å². The third-order valence-corrected chi connectivity index (χ3v) is 2.67. The third-order valence-electron chi connectivity index (χ3n) is 2.20. The summed E-state index contributed by atoms with van der Waals surface area (Å²) in [6.07, 6.45) is 3.61. The van der Waals surface area contributed by atoms with E-state index in [4.69, 9.17) is 4.74 Å². The lowest BCUT2D eigenvalue weighted by molar-refractivity contribution is -0.123. The number of aromatic nitrogens is 1. The van der Waals surface area contributed by atoms with Gasteiger partial charge in [-0.05, 0) is 41.4 Å². The number of amides is 1. The lowest BCUT2D eigenvalue weighted by atomic mass is 10.2. The fourth-order valence-electron chi connectivity index (χ4n) is 1.42. The van der Waals surface area contributed by atoms with Gasteiger partial charge in [0.1, 0.15) is 10.4 Å². The zero-order chi connectivity index (χ0) is 12.7. The number of rotatable bonds is 6. The Morgan fingerprint density at radius 3 is 2.94 bits per heavy atom. The van der Waals surface area contributed by atoms with E-state index in [0.717, 1.165) is 17.4 Å². The van der Waals surface area contributed by atoms with Crippen molar-refractivity contribution in [2.24, 2.45) is 0 Å². The number of nitrogens with one attached hydrogen (secondary N) is 1. The zero-order valence-electron chi connectivity index (χ0n) is 10.1. The van der Waals surface area contributed by atoms with E-state index in [-0.39, 0.29) is 18.6 Å². The third kappa shape index (κ3) is 5.68. The van der Waals surface area contributed by atoms with Crippen LogP contribution in [0.3, 0.4) is 0 Å². The van der Waals surface area contributed by atoms with Crippen LogP contribution in [-0.4, -0.2) is 23.5 Å². The van der Waals surface area contributed by atoms with Gasteiger partial charge in [0.05, 0.1) is 6.20 Å². The highest BCUT2D eigenvalue weighted by atomic mass is 79.9.